The van der Waals surface area contributed by atoms with E-state index in [0.717, 1.165) is 46.2 Å². The Hall–Kier alpha value is -2.27. The molecule has 2 heterocycles. The number of hydrogen-bond acceptors (Lipinski definition) is 4. The van der Waals surface area contributed by atoms with E-state index in [2.05, 4.69) is 33.6 Å². The molecule has 0 aliphatic heterocycles. The van der Waals surface area contributed by atoms with Crippen LogP contribution < -0.4 is 0 Å². The minimum atomic E-state index is 0.166. The lowest BCUT2D eigenvalue weighted by molar-refractivity contribution is 0.299. The molecule has 0 saturated carbocycles. The standard InChI is InChI=1S/C17H20N4O/c1-4-15-20-16-11(2)18-12(3)19-17(16)21(15)14-7-5-13(6-8-14)9-10-22/h5-8,22H,4,9-10H2,1-3H3. The van der Waals surface area contributed by atoms with Crippen molar-refractivity contribution in [2.45, 2.75) is 33.6 Å². The minimum absolute atomic E-state index is 0.166. The smallest absolute Gasteiger partial charge is 0.168 e. The summed E-state index contributed by atoms with van der Waals surface area (Å²) in [6, 6.07) is 8.19. The molecule has 0 radical (unpaired) electrons. The van der Waals surface area contributed by atoms with Gasteiger partial charge in [-0.15, -0.1) is 0 Å². The van der Waals surface area contributed by atoms with Gasteiger partial charge in [-0.1, -0.05) is 19.1 Å². The first kappa shape index (κ1) is 14.7. The second kappa shape index (κ2) is 5.85. The van der Waals surface area contributed by atoms with E-state index in [1.807, 2.05) is 26.0 Å². The van der Waals surface area contributed by atoms with Gasteiger partial charge in [0, 0.05) is 18.7 Å². The molecule has 0 unspecified atom stereocenters. The number of benzene rings is 1. The maximum atomic E-state index is 9.03. The van der Waals surface area contributed by atoms with Crippen molar-refractivity contribution in [2.24, 2.45) is 0 Å². The second-order valence-electron chi connectivity index (χ2n) is 5.39. The molecule has 0 amide bonds. The maximum Gasteiger partial charge on any atom is 0.168 e. The Kier molecular flexibility index (Phi) is 3.90. The van der Waals surface area contributed by atoms with E-state index in [1.165, 1.54) is 0 Å². The molecule has 5 heteroatoms. The monoisotopic (exact) mass is 296 g/mol. The third-order valence-electron chi connectivity index (χ3n) is 3.77. The molecule has 0 fully saturated rings. The minimum Gasteiger partial charge on any atom is -0.396 e. The van der Waals surface area contributed by atoms with Crippen LogP contribution in [0.15, 0.2) is 24.3 Å². The molecule has 2 aromatic heterocycles. The molecular weight excluding hydrogens is 276 g/mol. The van der Waals surface area contributed by atoms with E-state index in [9.17, 15) is 0 Å². The highest BCUT2D eigenvalue weighted by Crippen LogP contribution is 2.22. The molecule has 22 heavy (non-hydrogen) atoms. The maximum absolute atomic E-state index is 9.03. The van der Waals surface area contributed by atoms with E-state index in [4.69, 9.17) is 10.1 Å². The summed E-state index contributed by atoms with van der Waals surface area (Å²) >= 11 is 0. The highest BCUT2D eigenvalue weighted by molar-refractivity contribution is 5.76. The van der Waals surface area contributed by atoms with E-state index < -0.39 is 0 Å². The summed E-state index contributed by atoms with van der Waals surface area (Å²) in [6.07, 6.45) is 1.50. The average Bonchev–Trinajstić information content (AvgIpc) is 2.87. The third kappa shape index (κ3) is 2.48. The van der Waals surface area contributed by atoms with Crippen LogP contribution in [-0.2, 0) is 12.8 Å². The molecule has 3 aromatic rings. The van der Waals surface area contributed by atoms with E-state index in [-0.39, 0.29) is 6.61 Å². The number of fused-ring (bicyclic) bond motifs is 1. The van der Waals surface area contributed by atoms with E-state index in [1.54, 1.807) is 0 Å². The number of nitrogens with zero attached hydrogens (tertiary/aromatic N) is 4. The second-order valence-corrected chi connectivity index (χ2v) is 5.39. The lowest BCUT2D eigenvalue weighted by Gasteiger charge is -2.09. The van der Waals surface area contributed by atoms with Gasteiger partial charge in [0.25, 0.3) is 0 Å². The van der Waals surface area contributed by atoms with Crippen LogP contribution in [0, 0.1) is 13.8 Å². The van der Waals surface area contributed by atoms with Crippen molar-refractivity contribution in [3.63, 3.8) is 0 Å². The van der Waals surface area contributed by atoms with Crippen molar-refractivity contribution in [3.8, 4) is 5.69 Å². The normalized spacial score (nSPS) is 11.3. The Morgan fingerprint density at radius 2 is 1.77 bits per heavy atom. The van der Waals surface area contributed by atoms with Gasteiger partial charge >= 0.3 is 0 Å². The largest absolute Gasteiger partial charge is 0.396 e. The summed E-state index contributed by atoms with van der Waals surface area (Å²) in [7, 11) is 0. The van der Waals surface area contributed by atoms with Crippen molar-refractivity contribution in [1.29, 1.82) is 0 Å². The van der Waals surface area contributed by atoms with Gasteiger partial charge in [0.05, 0.1) is 5.69 Å². The van der Waals surface area contributed by atoms with Gasteiger partial charge in [-0.05, 0) is 38.0 Å². The van der Waals surface area contributed by atoms with Gasteiger partial charge in [0.15, 0.2) is 5.65 Å². The molecule has 0 atom stereocenters. The van der Waals surface area contributed by atoms with Gasteiger partial charge in [-0.2, -0.15) is 0 Å². The SMILES string of the molecule is CCc1nc2c(C)nc(C)nc2n1-c1ccc(CCO)cc1. The first-order valence-corrected chi connectivity index (χ1v) is 7.56. The van der Waals surface area contributed by atoms with Gasteiger partial charge in [0.1, 0.15) is 17.2 Å². The molecular formula is C17H20N4O. The zero-order valence-electron chi connectivity index (χ0n) is 13.2. The summed E-state index contributed by atoms with van der Waals surface area (Å²) in [5.41, 5.74) is 4.79. The van der Waals surface area contributed by atoms with Gasteiger partial charge in [0.2, 0.25) is 0 Å². The average molecular weight is 296 g/mol. The Morgan fingerprint density at radius 1 is 1.05 bits per heavy atom. The van der Waals surface area contributed by atoms with Crippen LogP contribution in [0.1, 0.15) is 29.8 Å². The van der Waals surface area contributed by atoms with Crippen molar-refractivity contribution < 1.29 is 5.11 Å². The highest BCUT2D eigenvalue weighted by atomic mass is 16.2. The number of rotatable bonds is 4. The molecule has 0 spiro atoms. The zero-order chi connectivity index (χ0) is 15.7. The van der Waals surface area contributed by atoms with Crippen LogP contribution >= 0.6 is 0 Å². The van der Waals surface area contributed by atoms with Gasteiger partial charge < -0.3 is 5.11 Å². The van der Waals surface area contributed by atoms with Gasteiger partial charge in [-0.25, -0.2) is 15.0 Å². The Morgan fingerprint density at radius 3 is 2.41 bits per heavy atom. The fraction of sp³-hybridized carbons (Fsp3) is 0.353. The van der Waals surface area contributed by atoms with Crippen molar-refractivity contribution >= 4 is 11.2 Å². The van der Waals surface area contributed by atoms with Crippen LogP contribution in [0.4, 0.5) is 0 Å². The first-order valence-electron chi connectivity index (χ1n) is 7.56. The van der Waals surface area contributed by atoms with Crippen LogP contribution in [0.3, 0.4) is 0 Å². The number of hydrogen-bond donors (Lipinski definition) is 1. The van der Waals surface area contributed by atoms with E-state index >= 15 is 0 Å². The van der Waals surface area contributed by atoms with E-state index in [0.29, 0.717) is 6.42 Å². The quantitative estimate of drug-likeness (QED) is 0.803. The Balaban J connectivity index is 2.20. The molecule has 1 N–H and O–H groups in total. The van der Waals surface area contributed by atoms with Crippen LogP contribution in [0.2, 0.25) is 0 Å². The van der Waals surface area contributed by atoms with Crippen LogP contribution in [0.5, 0.6) is 0 Å². The highest BCUT2D eigenvalue weighted by Gasteiger charge is 2.15. The Bertz CT molecular complexity index is 806. The molecule has 0 aliphatic rings. The lowest BCUT2D eigenvalue weighted by atomic mass is 10.1. The summed E-state index contributed by atoms with van der Waals surface area (Å²) in [4.78, 5) is 13.7. The number of aliphatic hydroxyl groups is 1. The first-order chi connectivity index (χ1) is 10.6. The number of aromatic nitrogens is 4. The van der Waals surface area contributed by atoms with Gasteiger partial charge in [-0.3, -0.25) is 4.57 Å². The number of aryl methyl sites for hydroxylation is 3. The fourth-order valence-corrected chi connectivity index (χ4v) is 2.73. The zero-order valence-corrected chi connectivity index (χ0v) is 13.2. The summed E-state index contributed by atoms with van der Waals surface area (Å²) in [5, 5.41) is 9.03. The lowest BCUT2D eigenvalue weighted by Crippen LogP contribution is -2.02. The summed E-state index contributed by atoms with van der Waals surface area (Å²) in [5.74, 6) is 1.73. The molecule has 1 aromatic carbocycles. The van der Waals surface area contributed by atoms with Crippen LogP contribution in [0.25, 0.3) is 16.9 Å². The summed E-state index contributed by atoms with van der Waals surface area (Å²) in [6.45, 7) is 6.13. The van der Waals surface area contributed by atoms with Crippen molar-refractivity contribution in [2.75, 3.05) is 6.61 Å². The van der Waals surface area contributed by atoms with Crippen molar-refractivity contribution in [3.05, 3.63) is 47.2 Å². The summed E-state index contributed by atoms with van der Waals surface area (Å²) < 4.78 is 2.10. The molecule has 3 rings (SSSR count). The fourth-order valence-electron chi connectivity index (χ4n) is 2.73. The molecule has 5 nitrogen and oxygen atoms in total. The predicted molar refractivity (Wildman–Crippen MR) is 86.3 cm³/mol. The predicted octanol–water partition coefficient (Wildman–Crippen LogP) is 2.53. The number of aliphatic hydroxyl groups excluding tert-OH is 1. The van der Waals surface area contributed by atoms with Crippen LogP contribution in [-0.4, -0.2) is 31.2 Å². The van der Waals surface area contributed by atoms with Crippen molar-refractivity contribution in [1.82, 2.24) is 19.5 Å². The molecule has 114 valence electrons. The molecule has 0 saturated heterocycles. The Labute approximate surface area is 129 Å². The third-order valence-corrected chi connectivity index (χ3v) is 3.77. The molecule has 0 aliphatic carbocycles. The number of imidazole rings is 1. The topological polar surface area (TPSA) is 63.8 Å². The molecule has 0 bridgehead atoms.